The number of rotatable bonds is 9. The standard InChI is InChI=1S/C26H36N4O/c1-2-25(31)30(19-23-10-6-9-22(17-23)18-29-26(27)28)24-15-13-21(14-16-24)12-11-20-7-4-3-5-8-20/h3-10,17,21,24H,2,11-16,18-19H2,1H3,(H4,27,28,29). The number of hydrogen-bond acceptors (Lipinski definition) is 2. The van der Waals surface area contributed by atoms with Crippen LogP contribution in [0.4, 0.5) is 0 Å². The first-order valence-corrected chi connectivity index (χ1v) is 11.5. The summed E-state index contributed by atoms with van der Waals surface area (Å²) in [4.78, 5) is 19.0. The Bertz CT molecular complexity index is 853. The van der Waals surface area contributed by atoms with E-state index >= 15 is 0 Å². The van der Waals surface area contributed by atoms with E-state index in [1.54, 1.807) is 0 Å². The lowest BCUT2D eigenvalue weighted by Crippen LogP contribution is -2.41. The molecule has 2 aromatic carbocycles. The van der Waals surface area contributed by atoms with E-state index in [1.807, 2.05) is 19.1 Å². The number of benzene rings is 2. The minimum atomic E-state index is 0.0946. The molecule has 1 amide bonds. The van der Waals surface area contributed by atoms with Crippen molar-refractivity contribution in [2.75, 3.05) is 0 Å². The van der Waals surface area contributed by atoms with E-state index in [0.717, 1.165) is 36.3 Å². The molecule has 1 fully saturated rings. The van der Waals surface area contributed by atoms with Crippen molar-refractivity contribution < 1.29 is 4.79 Å². The average molecular weight is 421 g/mol. The number of amides is 1. The molecule has 4 N–H and O–H groups in total. The van der Waals surface area contributed by atoms with Crippen LogP contribution >= 0.6 is 0 Å². The van der Waals surface area contributed by atoms with Crippen LogP contribution < -0.4 is 11.5 Å². The molecular weight excluding hydrogens is 384 g/mol. The van der Waals surface area contributed by atoms with Crippen molar-refractivity contribution in [3.63, 3.8) is 0 Å². The Balaban J connectivity index is 1.57. The molecule has 2 aromatic rings. The van der Waals surface area contributed by atoms with E-state index in [0.29, 0.717) is 25.6 Å². The molecule has 0 bridgehead atoms. The fraction of sp³-hybridized carbons (Fsp3) is 0.462. The van der Waals surface area contributed by atoms with Gasteiger partial charge in [0.05, 0.1) is 6.54 Å². The topological polar surface area (TPSA) is 84.7 Å². The molecule has 0 unspecified atom stereocenters. The molecular formula is C26H36N4O. The van der Waals surface area contributed by atoms with Crippen molar-refractivity contribution in [1.29, 1.82) is 0 Å². The van der Waals surface area contributed by atoms with Crippen LogP contribution in [0.1, 0.15) is 62.1 Å². The minimum absolute atomic E-state index is 0.0946. The number of nitrogens with zero attached hydrogens (tertiary/aromatic N) is 2. The number of carbonyl (C=O) groups excluding carboxylic acids is 1. The van der Waals surface area contributed by atoms with Gasteiger partial charge in [0.25, 0.3) is 0 Å². The fourth-order valence-corrected chi connectivity index (χ4v) is 4.59. The largest absolute Gasteiger partial charge is 0.370 e. The third-order valence-electron chi connectivity index (χ3n) is 6.35. The number of aliphatic imine (C=N–C) groups is 1. The molecule has 0 radical (unpaired) electrons. The van der Waals surface area contributed by atoms with Gasteiger partial charge in [-0.05, 0) is 61.1 Å². The first-order valence-electron chi connectivity index (χ1n) is 11.5. The normalized spacial score (nSPS) is 18.4. The van der Waals surface area contributed by atoms with Crippen LogP contribution in [-0.2, 0) is 24.3 Å². The van der Waals surface area contributed by atoms with Crippen molar-refractivity contribution in [2.45, 2.75) is 71.0 Å². The highest BCUT2D eigenvalue weighted by Gasteiger charge is 2.28. The molecule has 1 aliphatic carbocycles. The predicted molar refractivity (Wildman–Crippen MR) is 127 cm³/mol. The van der Waals surface area contributed by atoms with Gasteiger partial charge in [0.15, 0.2) is 5.96 Å². The molecule has 31 heavy (non-hydrogen) atoms. The molecule has 166 valence electrons. The maximum Gasteiger partial charge on any atom is 0.222 e. The van der Waals surface area contributed by atoms with Gasteiger partial charge in [-0.3, -0.25) is 4.79 Å². The minimum Gasteiger partial charge on any atom is -0.370 e. The molecule has 0 heterocycles. The van der Waals surface area contributed by atoms with E-state index in [4.69, 9.17) is 11.5 Å². The smallest absolute Gasteiger partial charge is 0.222 e. The fourth-order valence-electron chi connectivity index (χ4n) is 4.59. The summed E-state index contributed by atoms with van der Waals surface area (Å²) in [5.41, 5.74) is 14.5. The Hall–Kier alpha value is -2.82. The Morgan fingerprint density at radius 3 is 2.32 bits per heavy atom. The number of hydrogen-bond donors (Lipinski definition) is 2. The summed E-state index contributed by atoms with van der Waals surface area (Å²) in [6, 6.07) is 19.3. The van der Waals surface area contributed by atoms with Crippen LogP contribution in [0.3, 0.4) is 0 Å². The van der Waals surface area contributed by atoms with Crippen molar-refractivity contribution in [1.82, 2.24) is 4.90 Å². The summed E-state index contributed by atoms with van der Waals surface area (Å²) in [6.45, 7) is 3.07. The van der Waals surface area contributed by atoms with Crippen molar-refractivity contribution >= 4 is 11.9 Å². The summed E-state index contributed by atoms with van der Waals surface area (Å²) >= 11 is 0. The van der Waals surface area contributed by atoms with Crippen LogP contribution in [0, 0.1) is 5.92 Å². The van der Waals surface area contributed by atoms with Gasteiger partial charge in [-0.25, -0.2) is 4.99 Å². The average Bonchev–Trinajstić information content (AvgIpc) is 2.81. The molecule has 0 saturated heterocycles. The molecule has 0 spiro atoms. The Morgan fingerprint density at radius 1 is 0.968 bits per heavy atom. The van der Waals surface area contributed by atoms with E-state index in [9.17, 15) is 4.79 Å². The lowest BCUT2D eigenvalue weighted by molar-refractivity contribution is -0.134. The summed E-state index contributed by atoms with van der Waals surface area (Å²) in [5.74, 6) is 1.09. The monoisotopic (exact) mass is 420 g/mol. The lowest BCUT2D eigenvalue weighted by atomic mass is 9.82. The van der Waals surface area contributed by atoms with Crippen LogP contribution in [0.2, 0.25) is 0 Å². The van der Waals surface area contributed by atoms with Gasteiger partial charge in [-0.15, -0.1) is 0 Å². The second-order valence-corrected chi connectivity index (χ2v) is 8.64. The second kappa shape index (κ2) is 11.5. The summed E-state index contributed by atoms with van der Waals surface area (Å²) in [7, 11) is 0. The van der Waals surface area contributed by atoms with Gasteiger partial charge in [0.1, 0.15) is 0 Å². The molecule has 3 rings (SSSR count). The highest BCUT2D eigenvalue weighted by molar-refractivity contribution is 5.76. The van der Waals surface area contributed by atoms with Crippen molar-refractivity contribution in [3.05, 3.63) is 71.3 Å². The third-order valence-corrected chi connectivity index (χ3v) is 6.35. The zero-order valence-corrected chi connectivity index (χ0v) is 18.7. The van der Waals surface area contributed by atoms with Gasteiger partial charge in [0, 0.05) is 19.0 Å². The second-order valence-electron chi connectivity index (χ2n) is 8.64. The van der Waals surface area contributed by atoms with E-state index in [-0.39, 0.29) is 11.9 Å². The molecule has 0 aromatic heterocycles. The Morgan fingerprint density at radius 2 is 1.65 bits per heavy atom. The Labute approximate surface area is 186 Å². The summed E-state index contributed by atoms with van der Waals surface area (Å²) < 4.78 is 0. The van der Waals surface area contributed by atoms with Crippen LogP contribution in [0.5, 0.6) is 0 Å². The summed E-state index contributed by atoms with van der Waals surface area (Å²) in [6.07, 6.45) is 7.53. The Kier molecular flexibility index (Phi) is 8.51. The number of nitrogens with two attached hydrogens (primary N) is 2. The number of guanidine groups is 1. The zero-order chi connectivity index (χ0) is 22.1. The predicted octanol–water partition coefficient (Wildman–Crippen LogP) is 4.39. The van der Waals surface area contributed by atoms with Gasteiger partial charge >= 0.3 is 0 Å². The van der Waals surface area contributed by atoms with Gasteiger partial charge in [0.2, 0.25) is 5.91 Å². The maximum absolute atomic E-state index is 12.8. The van der Waals surface area contributed by atoms with Crippen molar-refractivity contribution in [3.8, 4) is 0 Å². The molecule has 5 nitrogen and oxygen atoms in total. The van der Waals surface area contributed by atoms with Gasteiger partial charge in [-0.2, -0.15) is 0 Å². The highest BCUT2D eigenvalue weighted by atomic mass is 16.2. The first-order chi connectivity index (χ1) is 15.0. The van der Waals surface area contributed by atoms with Gasteiger partial charge < -0.3 is 16.4 Å². The van der Waals surface area contributed by atoms with Gasteiger partial charge in [-0.1, -0.05) is 61.5 Å². The van der Waals surface area contributed by atoms with E-state index < -0.39 is 0 Å². The quantitative estimate of drug-likeness (QED) is 0.466. The first kappa shape index (κ1) is 22.9. The lowest BCUT2D eigenvalue weighted by Gasteiger charge is -2.37. The van der Waals surface area contributed by atoms with E-state index in [2.05, 4.69) is 52.4 Å². The van der Waals surface area contributed by atoms with Crippen molar-refractivity contribution in [2.24, 2.45) is 22.4 Å². The van der Waals surface area contributed by atoms with Crippen LogP contribution in [-0.4, -0.2) is 22.8 Å². The third kappa shape index (κ3) is 7.12. The summed E-state index contributed by atoms with van der Waals surface area (Å²) in [5, 5.41) is 0. The highest BCUT2D eigenvalue weighted by Crippen LogP contribution is 2.31. The van der Waals surface area contributed by atoms with Crippen LogP contribution in [0.15, 0.2) is 59.6 Å². The molecule has 1 saturated carbocycles. The molecule has 0 aliphatic heterocycles. The van der Waals surface area contributed by atoms with E-state index in [1.165, 1.54) is 24.8 Å². The molecule has 5 heteroatoms. The zero-order valence-electron chi connectivity index (χ0n) is 18.7. The maximum atomic E-state index is 12.8. The SMILES string of the molecule is CCC(=O)N(Cc1cccc(CN=C(N)N)c1)C1CCC(CCc2ccccc2)CC1. The molecule has 0 atom stereocenters. The molecule has 1 aliphatic rings. The van der Waals surface area contributed by atoms with Crippen LogP contribution in [0.25, 0.3) is 0 Å². The number of aryl methyl sites for hydroxylation is 1. The number of carbonyl (C=O) groups is 1.